The van der Waals surface area contributed by atoms with Crippen LogP contribution in [0.3, 0.4) is 0 Å². The number of nitrogens with one attached hydrogen (secondary N) is 1. The maximum Gasteiger partial charge on any atom is 0.157 e. The third kappa shape index (κ3) is 2.93. The Morgan fingerprint density at radius 2 is 2.21 bits per heavy atom. The molecule has 0 fully saturated rings. The standard InChI is InChI=1S/C18H20N4OS/c1-12-9-17(20-13(7-8-23)11-24-2)22-16-6-4-3-5-15(16)21-18(22)14(12)10-19/h3-6,9,13,20,23H,7-8,11H2,1-2H3. The molecule has 2 heterocycles. The van der Waals surface area contributed by atoms with Gasteiger partial charge in [0, 0.05) is 18.4 Å². The summed E-state index contributed by atoms with van der Waals surface area (Å²) < 4.78 is 2.01. The summed E-state index contributed by atoms with van der Waals surface area (Å²) in [6.45, 7) is 2.07. The zero-order chi connectivity index (χ0) is 17.1. The van der Waals surface area contributed by atoms with E-state index in [1.54, 1.807) is 11.8 Å². The van der Waals surface area contributed by atoms with Crippen molar-refractivity contribution in [2.24, 2.45) is 0 Å². The molecule has 2 N–H and O–H groups in total. The largest absolute Gasteiger partial charge is 0.396 e. The van der Waals surface area contributed by atoms with E-state index >= 15 is 0 Å². The minimum absolute atomic E-state index is 0.140. The molecule has 0 aliphatic heterocycles. The van der Waals surface area contributed by atoms with E-state index in [0.29, 0.717) is 17.6 Å². The highest BCUT2D eigenvalue weighted by Gasteiger charge is 2.17. The molecule has 1 atom stereocenters. The number of aromatic nitrogens is 2. The second-order valence-electron chi connectivity index (χ2n) is 5.77. The second-order valence-corrected chi connectivity index (χ2v) is 6.68. The van der Waals surface area contributed by atoms with Gasteiger partial charge >= 0.3 is 0 Å². The Balaban J connectivity index is 2.21. The number of aliphatic hydroxyl groups is 1. The molecule has 0 bridgehead atoms. The van der Waals surface area contributed by atoms with Crippen molar-refractivity contribution >= 4 is 34.3 Å². The molecule has 1 unspecified atom stereocenters. The average Bonchev–Trinajstić information content (AvgIpc) is 2.95. The van der Waals surface area contributed by atoms with E-state index in [2.05, 4.69) is 22.6 Å². The SMILES string of the molecule is CSCC(CCO)Nc1cc(C)c(C#N)c2nc3ccccc3n12. The first kappa shape index (κ1) is 16.6. The van der Waals surface area contributed by atoms with Gasteiger partial charge in [-0.2, -0.15) is 17.0 Å². The van der Waals surface area contributed by atoms with Crippen molar-refractivity contribution in [3.8, 4) is 6.07 Å². The number of pyridine rings is 1. The molecule has 0 saturated carbocycles. The maximum absolute atomic E-state index is 9.52. The van der Waals surface area contributed by atoms with Crippen LogP contribution in [0.2, 0.25) is 0 Å². The van der Waals surface area contributed by atoms with E-state index in [9.17, 15) is 10.4 Å². The van der Waals surface area contributed by atoms with Gasteiger partial charge in [-0.05, 0) is 43.4 Å². The molecule has 6 heteroatoms. The zero-order valence-corrected chi connectivity index (χ0v) is 14.6. The summed E-state index contributed by atoms with van der Waals surface area (Å²) in [5, 5.41) is 22.4. The summed E-state index contributed by atoms with van der Waals surface area (Å²) in [5.74, 6) is 1.80. The maximum atomic E-state index is 9.52. The minimum atomic E-state index is 0.140. The van der Waals surface area contributed by atoms with Crippen LogP contribution in [-0.4, -0.2) is 39.1 Å². The predicted octanol–water partition coefficient (Wildman–Crippen LogP) is 3.19. The summed E-state index contributed by atoms with van der Waals surface area (Å²) in [6, 6.07) is 12.3. The molecule has 5 nitrogen and oxygen atoms in total. The van der Waals surface area contributed by atoms with E-state index in [1.165, 1.54) is 0 Å². The summed E-state index contributed by atoms with van der Waals surface area (Å²) in [4.78, 5) is 4.65. The van der Waals surface area contributed by atoms with Gasteiger partial charge in [0.1, 0.15) is 11.9 Å². The van der Waals surface area contributed by atoms with Crippen LogP contribution in [0.4, 0.5) is 5.82 Å². The summed E-state index contributed by atoms with van der Waals surface area (Å²) >= 11 is 1.74. The number of rotatable bonds is 6. The van der Waals surface area contributed by atoms with Gasteiger partial charge in [-0.1, -0.05) is 12.1 Å². The van der Waals surface area contributed by atoms with Gasteiger partial charge in [0.05, 0.1) is 16.6 Å². The molecular weight excluding hydrogens is 320 g/mol. The Bertz CT molecular complexity index is 907. The van der Waals surface area contributed by atoms with Gasteiger partial charge in [-0.25, -0.2) is 4.98 Å². The number of aliphatic hydroxyl groups excluding tert-OH is 1. The third-order valence-corrected chi connectivity index (χ3v) is 4.82. The smallest absolute Gasteiger partial charge is 0.157 e. The van der Waals surface area contributed by atoms with Crippen molar-refractivity contribution in [3.05, 3.63) is 41.5 Å². The molecule has 0 radical (unpaired) electrons. The van der Waals surface area contributed by atoms with Gasteiger partial charge < -0.3 is 10.4 Å². The highest BCUT2D eigenvalue weighted by atomic mass is 32.2. The number of para-hydroxylation sites is 2. The van der Waals surface area contributed by atoms with Gasteiger partial charge in [0.25, 0.3) is 0 Å². The average molecular weight is 340 g/mol. The molecule has 124 valence electrons. The van der Waals surface area contributed by atoms with Gasteiger partial charge in [0.2, 0.25) is 0 Å². The fraction of sp³-hybridized carbons (Fsp3) is 0.333. The van der Waals surface area contributed by atoms with Crippen molar-refractivity contribution < 1.29 is 5.11 Å². The number of thioether (sulfide) groups is 1. The summed E-state index contributed by atoms with van der Waals surface area (Å²) in [6.07, 6.45) is 2.73. The Hall–Kier alpha value is -2.23. The molecule has 1 aromatic carbocycles. The number of fused-ring (bicyclic) bond motifs is 3. The van der Waals surface area contributed by atoms with E-state index in [0.717, 1.165) is 28.2 Å². The first-order valence-corrected chi connectivity index (χ1v) is 9.26. The highest BCUT2D eigenvalue weighted by molar-refractivity contribution is 7.98. The molecule has 0 aliphatic carbocycles. The molecule has 24 heavy (non-hydrogen) atoms. The number of nitrogens with zero attached hydrogens (tertiary/aromatic N) is 3. The minimum Gasteiger partial charge on any atom is -0.396 e. The number of anilines is 1. The number of hydrogen-bond acceptors (Lipinski definition) is 5. The van der Waals surface area contributed by atoms with Crippen LogP contribution in [0, 0.1) is 18.3 Å². The molecule has 0 amide bonds. The summed E-state index contributed by atoms with van der Waals surface area (Å²) in [7, 11) is 0. The number of imidazole rings is 1. The van der Waals surface area contributed by atoms with Crippen molar-refractivity contribution in [2.45, 2.75) is 19.4 Å². The topological polar surface area (TPSA) is 73.3 Å². The molecule has 0 spiro atoms. The van der Waals surface area contributed by atoms with E-state index in [-0.39, 0.29) is 12.6 Å². The van der Waals surface area contributed by atoms with Gasteiger partial charge in [0.15, 0.2) is 5.65 Å². The van der Waals surface area contributed by atoms with Crippen LogP contribution in [-0.2, 0) is 0 Å². The second kappa shape index (κ2) is 7.12. The monoisotopic (exact) mass is 340 g/mol. The van der Waals surface area contributed by atoms with Crippen molar-refractivity contribution in [2.75, 3.05) is 23.9 Å². The zero-order valence-electron chi connectivity index (χ0n) is 13.8. The molecule has 3 aromatic rings. The number of benzene rings is 1. The van der Waals surface area contributed by atoms with Crippen LogP contribution in [0.5, 0.6) is 0 Å². The predicted molar refractivity (Wildman–Crippen MR) is 99.6 cm³/mol. The van der Waals surface area contributed by atoms with Crippen LogP contribution in [0.25, 0.3) is 16.7 Å². The third-order valence-electron chi connectivity index (χ3n) is 4.08. The molecule has 2 aromatic heterocycles. The van der Waals surface area contributed by atoms with Crippen LogP contribution in [0.15, 0.2) is 30.3 Å². The van der Waals surface area contributed by atoms with E-state index in [1.807, 2.05) is 41.7 Å². The van der Waals surface area contributed by atoms with Crippen LogP contribution < -0.4 is 5.32 Å². The fourth-order valence-corrected chi connectivity index (χ4v) is 3.62. The van der Waals surface area contributed by atoms with Crippen molar-refractivity contribution in [1.82, 2.24) is 9.38 Å². The highest BCUT2D eigenvalue weighted by Crippen LogP contribution is 2.27. The lowest BCUT2D eigenvalue weighted by molar-refractivity contribution is 0.282. The Morgan fingerprint density at radius 3 is 2.92 bits per heavy atom. The van der Waals surface area contributed by atoms with Crippen LogP contribution in [0.1, 0.15) is 17.5 Å². The number of nitriles is 1. The van der Waals surface area contributed by atoms with E-state index < -0.39 is 0 Å². The molecule has 3 rings (SSSR count). The molecular formula is C18H20N4OS. The Labute approximate surface area is 145 Å². The molecule has 0 aliphatic rings. The van der Waals surface area contributed by atoms with Crippen LogP contribution >= 0.6 is 11.8 Å². The first-order valence-electron chi connectivity index (χ1n) is 7.86. The number of hydrogen-bond donors (Lipinski definition) is 2. The van der Waals surface area contributed by atoms with Gasteiger partial charge in [-0.3, -0.25) is 4.40 Å². The first-order chi connectivity index (χ1) is 11.7. The van der Waals surface area contributed by atoms with Crippen molar-refractivity contribution in [3.63, 3.8) is 0 Å². The van der Waals surface area contributed by atoms with E-state index in [4.69, 9.17) is 0 Å². The van der Waals surface area contributed by atoms with Gasteiger partial charge in [-0.15, -0.1) is 0 Å². The quantitative estimate of drug-likeness (QED) is 0.721. The Kier molecular flexibility index (Phi) is 4.93. The normalized spacial score (nSPS) is 12.4. The van der Waals surface area contributed by atoms with Crippen molar-refractivity contribution in [1.29, 1.82) is 5.26 Å². The summed E-state index contributed by atoms with van der Waals surface area (Å²) in [5.41, 5.74) is 4.01. The Morgan fingerprint density at radius 1 is 1.42 bits per heavy atom. The fourth-order valence-electron chi connectivity index (χ4n) is 2.96. The lowest BCUT2D eigenvalue weighted by Gasteiger charge is -2.20. The lowest BCUT2D eigenvalue weighted by Crippen LogP contribution is -2.25. The molecule has 0 saturated heterocycles. The lowest BCUT2D eigenvalue weighted by atomic mass is 10.1. The number of aryl methyl sites for hydroxylation is 1.